The molecule has 0 spiro atoms. The van der Waals surface area contributed by atoms with Gasteiger partial charge in [-0.3, -0.25) is 4.79 Å². The summed E-state index contributed by atoms with van der Waals surface area (Å²) >= 11 is 0. The molecule has 2 aliphatic rings. The number of carbonyl (C=O) groups excluding carboxylic acids is 2. The molecule has 4 heteroatoms. The van der Waals surface area contributed by atoms with Gasteiger partial charge in [0.15, 0.2) is 0 Å². The minimum Gasteiger partial charge on any atom is -0.463 e. The van der Waals surface area contributed by atoms with Gasteiger partial charge in [0.25, 0.3) is 0 Å². The van der Waals surface area contributed by atoms with Gasteiger partial charge in [0.1, 0.15) is 0 Å². The lowest BCUT2D eigenvalue weighted by atomic mass is 9.66. The fraction of sp³-hybridized carbons (Fsp3) is 0.833. The van der Waals surface area contributed by atoms with Gasteiger partial charge >= 0.3 is 11.9 Å². The van der Waals surface area contributed by atoms with Crippen LogP contribution in [0.1, 0.15) is 40.5 Å². The van der Waals surface area contributed by atoms with Crippen LogP contribution in [0.2, 0.25) is 0 Å². The summed E-state index contributed by atoms with van der Waals surface area (Å²) < 4.78 is 10.4. The van der Waals surface area contributed by atoms with E-state index in [2.05, 4.69) is 0 Å². The van der Waals surface area contributed by atoms with E-state index in [-0.39, 0.29) is 5.97 Å². The number of hydrogen-bond acceptors (Lipinski definition) is 4. The Morgan fingerprint density at radius 2 is 2.00 bits per heavy atom. The van der Waals surface area contributed by atoms with Gasteiger partial charge in [0.05, 0.1) is 12.0 Å². The number of hydrogen-bond donors (Lipinski definition) is 0. The molecule has 0 aromatic rings. The van der Waals surface area contributed by atoms with Gasteiger partial charge in [-0.05, 0) is 26.7 Å². The van der Waals surface area contributed by atoms with E-state index in [0.717, 1.165) is 0 Å². The van der Waals surface area contributed by atoms with Crippen molar-refractivity contribution < 1.29 is 19.1 Å². The first-order valence-electron chi connectivity index (χ1n) is 5.72. The fourth-order valence-corrected chi connectivity index (χ4v) is 2.95. The Labute approximate surface area is 95.3 Å². The molecule has 0 N–H and O–H groups in total. The van der Waals surface area contributed by atoms with Gasteiger partial charge in [-0.1, -0.05) is 13.8 Å². The van der Waals surface area contributed by atoms with E-state index >= 15 is 0 Å². The molecule has 4 nitrogen and oxygen atoms in total. The fourth-order valence-electron chi connectivity index (χ4n) is 2.95. The molecular formula is C12H18O4. The van der Waals surface area contributed by atoms with Crippen molar-refractivity contribution in [2.45, 2.75) is 46.1 Å². The Morgan fingerprint density at radius 1 is 1.38 bits per heavy atom. The van der Waals surface area contributed by atoms with Crippen LogP contribution in [0.4, 0.5) is 0 Å². The lowest BCUT2D eigenvalue weighted by Crippen LogP contribution is -2.48. The number of fused-ring (bicyclic) bond motifs is 2. The summed E-state index contributed by atoms with van der Waals surface area (Å²) in [7, 11) is 0. The van der Waals surface area contributed by atoms with Gasteiger partial charge in [-0.15, -0.1) is 0 Å². The van der Waals surface area contributed by atoms with Crippen LogP contribution in [0.15, 0.2) is 0 Å². The summed E-state index contributed by atoms with van der Waals surface area (Å²) in [5.74, 6) is -0.661. The second-order valence-corrected chi connectivity index (χ2v) is 5.39. The first-order chi connectivity index (χ1) is 7.32. The molecule has 2 fully saturated rings. The van der Waals surface area contributed by atoms with Gasteiger partial charge in [-0.25, -0.2) is 4.79 Å². The molecule has 0 radical (unpaired) electrons. The molecule has 1 aliphatic heterocycles. The molecule has 0 amide bonds. The molecule has 2 bridgehead atoms. The average molecular weight is 226 g/mol. The lowest BCUT2D eigenvalue weighted by molar-refractivity contribution is -0.182. The molecule has 0 unspecified atom stereocenters. The highest BCUT2D eigenvalue weighted by Crippen LogP contribution is 2.65. The molecule has 2 atom stereocenters. The second-order valence-electron chi connectivity index (χ2n) is 5.39. The molecule has 90 valence electrons. The maximum Gasteiger partial charge on any atom is 0.351 e. The third-order valence-electron chi connectivity index (χ3n) is 4.69. The van der Waals surface area contributed by atoms with Crippen LogP contribution in [0, 0.1) is 10.8 Å². The zero-order chi connectivity index (χ0) is 12.2. The van der Waals surface area contributed by atoms with Gasteiger partial charge < -0.3 is 9.47 Å². The van der Waals surface area contributed by atoms with Crippen molar-refractivity contribution in [2.24, 2.45) is 10.8 Å². The molecule has 1 heterocycles. The van der Waals surface area contributed by atoms with Crippen molar-refractivity contribution in [1.29, 1.82) is 0 Å². The smallest absolute Gasteiger partial charge is 0.351 e. The summed E-state index contributed by atoms with van der Waals surface area (Å²) in [5, 5.41) is 0. The highest BCUT2D eigenvalue weighted by molar-refractivity contribution is 5.93. The third kappa shape index (κ3) is 0.955. The van der Waals surface area contributed by atoms with Crippen LogP contribution in [-0.4, -0.2) is 24.1 Å². The van der Waals surface area contributed by atoms with Crippen LogP contribution < -0.4 is 0 Å². The molecule has 16 heavy (non-hydrogen) atoms. The first kappa shape index (κ1) is 11.4. The Balaban J connectivity index is 2.44. The summed E-state index contributed by atoms with van der Waals surface area (Å²) in [4.78, 5) is 23.9. The van der Waals surface area contributed by atoms with E-state index in [1.807, 2.05) is 20.8 Å². The summed E-state index contributed by atoms with van der Waals surface area (Å²) in [6.07, 6.45) is 1.26. The molecule has 2 rings (SSSR count). The second kappa shape index (κ2) is 2.99. The van der Waals surface area contributed by atoms with Gasteiger partial charge in [0.2, 0.25) is 5.60 Å². The maximum atomic E-state index is 12.0. The topological polar surface area (TPSA) is 52.6 Å². The first-order valence-corrected chi connectivity index (χ1v) is 5.72. The molecule has 0 aromatic carbocycles. The highest BCUT2D eigenvalue weighted by atomic mass is 16.6. The van der Waals surface area contributed by atoms with Crippen LogP contribution in [-0.2, 0) is 19.1 Å². The van der Waals surface area contributed by atoms with Crippen LogP contribution in [0.25, 0.3) is 0 Å². The maximum absolute atomic E-state index is 12.0. The predicted molar refractivity (Wildman–Crippen MR) is 56.6 cm³/mol. The monoisotopic (exact) mass is 226 g/mol. The minimum absolute atomic E-state index is 0.267. The SMILES string of the molecule is CCOC(=O)[C@]12CC[C@@](C)(C(=O)O1)C2(C)C. The van der Waals surface area contributed by atoms with Crippen molar-refractivity contribution in [3.63, 3.8) is 0 Å². The molecular weight excluding hydrogens is 208 g/mol. The minimum atomic E-state index is -1.06. The third-order valence-corrected chi connectivity index (χ3v) is 4.69. The molecule has 0 aromatic heterocycles. The van der Waals surface area contributed by atoms with Crippen molar-refractivity contribution in [3.05, 3.63) is 0 Å². The van der Waals surface area contributed by atoms with E-state index < -0.39 is 22.4 Å². The highest BCUT2D eigenvalue weighted by Gasteiger charge is 2.76. The van der Waals surface area contributed by atoms with E-state index in [1.54, 1.807) is 6.92 Å². The van der Waals surface area contributed by atoms with Gasteiger partial charge in [-0.2, -0.15) is 0 Å². The number of rotatable bonds is 2. The average Bonchev–Trinajstić information content (AvgIpc) is 2.48. The van der Waals surface area contributed by atoms with Crippen molar-refractivity contribution in [3.8, 4) is 0 Å². The largest absolute Gasteiger partial charge is 0.463 e. The Morgan fingerprint density at radius 3 is 2.38 bits per heavy atom. The van der Waals surface area contributed by atoms with E-state index in [9.17, 15) is 9.59 Å². The zero-order valence-electron chi connectivity index (χ0n) is 10.3. The zero-order valence-corrected chi connectivity index (χ0v) is 10.3. The molecule has 1 aliphatic carbocycles. The Kier molecular flexibility index (Phi) is 2.14. The van der Waals surface area contributed by atoms with Gasteiger partial charge in [0, 0.05) is 5.41 Å². The number of carbonyl (C=O) groups is 2. The standard InChI is InChI=1S/C12H18O4/c1-5-15-9(14)12-7-6-11(4,8(13)16-12)10(12,2)3/h5-7H2,1-4H3/t11-,12-/m0/s1. The van der Waals surface area contributed by atoms with E-state index in [1.165, 1.54) is 0 Å². The van der Waals surface area contributed by atoms with Crippen molar-refractivity contribution >= 4 is 11.9 Å². The van der Waals surface area contributed by atoms with E-state index in [0.29, 0.717) is 19.4 Å². The van der Waals surface area contributed by atoms with Crippen LogP contribution in [0.5, 0.6) is 0 Å². The Bertz CT molecular complexity index is 360. The lowest BCUT2D eigenvalue weighted by Gasteiger charge is -2.34. The van der Waals surface area contributed by atoms with E-state index in [4.69, 9.17) is 9.47 Å². The normalized spacial score (nSPS) is 39.6. The number of esters is 2. The van der Waals surface area contributed by atoms with Crippen LogP contribution in [0.3, 0.4) is 0 Å². The molecule has 1 saturated carbocycles. The van der Waals surface area contributed by atoms with Crippen molar-refractivity contribution in [1.82, 2.24) is 0 Å². The molecule has 1 saturated heterocycles. The number of ether oxygens (including phenoxy) is 2. The quantitative estimate of drug-likeness (QED) is 0.672. The summed E-state index contributed by atoms with van der Waals surface area (Å²) in [5.41, 5.74) is -2.11. The summed E-state index contributed by atoms with van der Waals surface area (Å²) in [6, 6.07) is 0. The van der Waals surface area contributed by atoms with Crippen molar-refractivity contribution in [2.75, 3.05) is 6.61 Å². The Hall–Kier alpha value is -1.06. The van der Waals surface area contributed by atoms with Crippen LogP contribution >= 0.6 is 0 Å². The summed E-state index contributed by atoms with van der Waals surface area (Å²) in [6.45, 7) is 7.78. The predicted octanol–water partition coefficient (Wildman–Crippen LogP) is 1.67.